The Kier molecular flexibility index (Phi) is 5.49. The van der Waals surface area contributed by atoms with Gasteiger partial charge in [0.2, 0.25) is 5.91 Å². The summed E-state index contributed by atoms with van der Waals surface area (Å²) in [7, 11) is 0. The first-order valence-corrected chi connectivity index (χ1v) is 7.35. The Balaban J connectivity index is 1.76. The van der Waals surface area contributed by atoms with E-state index in [9.17, 15) is 4.79 Å². The molecular formula is C14H18Cl2N2O. The molecule has 0 saturated carbocycles. The highest BCUT2D eigenvalue weighted by atomic mass is 35.5. The number of piperidine rings is 1. The highest BCUT2D eigenvalue weighted by Crippen LogP contribution is 2.22. The standard InChI is InChI=1S/C14H18Cl2N2O/c15-12-2-1-10(9-13(12)16)3-8-18-14(19)11-4-6-17-7-5-11/h1-2,9,11,17H,3-8H2,(H,18,19). The van der Waals surface area contributed by atoms with Gasteiger partial charge in [-0.3, -0.25) is 4.79 Å². The van der Waals surface area contributed by atoms with Gasteiger partial charge >= 0.3 is 0 Å². The Bertz CT molecular complexity index is 445. The highest BCUT2D eigenvalue weighted by Gasteiger charge is 2.20. The van der Waals surface area contributed by atoms with Gasteiger partial charge in [0.05, 0.1) is 10.0 Å². The molecule has 1 aliphatic heterocycles. The summed E-state index contributed by atoms with van der Waals surface area (Å²) in [5.74, 6) is 0.330. The summed E-state index contributed by atoms with van der Waals surface area (Å²) >= 11 is 11.8. The van der Waals surface area contributed by atoms with Crippen molar-refractivity contribution in [2.45, 2.75) is 19.3 Å². The second kappa shape index (κ2) is 7.13. The van der Waals surface area contributed by atoms with Crippen molar-refractivity contribution in [2.24, 2.45) is 5.92 Å². The number of amides is 1. The molecule has 0 bridgehead atoms. The lowest BCUT2D eigenvalue weighted by Crippen LogP contribution is -2.38. The van der Waals surface area contributed by atoms with Gasteiger partial charge in [-0.25, -0.2) is 0 Å². The van der Waals surface area contributed by atoms with Crippen molar-refractivity contribution in [2.75, 3.05) is 19.6 Å². The molecule has 5 heteroatoms. The molecule has 1 aliphatic rings. The van der Waals surface area contributed by atoms with Crippen LogP contribution in [0.15, 0.2) is 18.2 Å². The Labute approximate surface area is 123 Å². The van der Waals surface area contributed by atoms with Crippen LogP contribution in [0.5, 0.6) is 0 Å². The van der Waals surface area contributed by atoms with Crippen molar-refractivity contribution >= 4 is 29.1 Å². The first kappa shape index (κ1) is 14.6. The van der Waals surface area contributed by atoms with Crippen LogP contribution in [0.2, 0.25) is 10.0 Å². The lowest BCUT2D eigenvalue weighted by Gasteiger charge is -2.21. The predicted molar refractivity (Wildman–Crippen MR) is 78.8 cm³/mol. The van der Waals surface area contributed by atoms with Crippen molar-refractivity contribution in [3.05, 3.63) is 33.8 Å². The zero-order valence-corrected chi connectivity index (χ0v) is 12.2. The van der Waals surface area contributed by atoms with Crippen LogP contribution in [-0.2, 0) is 11.2 Å². The molecule has 0 radical (unpaired) electrons. The molecule has 1 fully saturated rings. The average Bonchev–Trinajstić information content (AvgIpc) is 2.43. The molecule has 0 aliphatic carbocycles. The summed E-state index contributed by atoms with van der Waals surface area (Å²) in [4.78, 5) is 11.9. The number of nitrogens with one attached hydrogen (secondary N) is 2. The van der Waals surface area contributed by atoms with Crippen LogP contribution in [0.1, 0.15) is 18.4 Å². The molecule has 2 rings (SSSR count). The molecule has 3 nitrogen and oxygen atoms in total. The van der Waals surface area contributed by atoms with E-state index < -0.39 is 0 Å². The zero-order chi connectivity index (χ0) is 13.7. The van der Waals surface area contributed by atoms with Gasteiger partial charge in [-0.05, 0) is 50.0 Å². The van der Waals surface area contributed by atoms with Gasteiger partial charge in [-0.1, -0.05) is 29.3 Å². The third-order valence-electron chi connectivity index (χ3n) is 3.41. The fourth-order valence-corrected chi connectivity index (χ4v) is 2.57. The predicted octanol–water partition coefficient (Wildman–Crippen LogP) is 2.65. The maximum Gasteiger partial charge on any atom is 0.223 e. The lowest BCUT2D eigenvalue weighted by atomic mass is 9.97. The van der Waals surface area contributed by atoms with Crippen LogP contribution in [0.3, 0.4) is 0 Å². The summed E-state index contributed by atoms with van der Waals surface area (Å²) in [5, 5.41) is 7.37. The zero-order valence-electron chi connectivity index (χ0n) is 10.7. The van der Waals surface area contributed by atoms with E-state index >= 15 is 0 Å². The van der Waals surface area contributed by atoms with Crippen LogP contribution >= 0.6 is 23.2 Å². The SMILES string of the molecule is O=C(NCCc1ccc(Cl)c(Cl)c1)C1CCNCC1. The maximum absolute atomic E-state index is 11.9. The van der Waals surface area contributed by atoms with Crippen molar-refractivity contribution in [3.63, 3.8) is 0 Å². The number of carbonyl (C=O) groups is 1. The van der Waals surface area contributed by atoms with Crippen molar-refractivity contribution < 1.29 is 4.79 Å². The minimum Gasteiger partial charge on any atom is -0.356 e. The normalized spacial score (nSPS) is 16.3. The Morgan fingerprint density at radius 2 is 2.00 bits per heavy atom. The van der Waals surface area contributed by atoms with Gasteiger partial charge in [0.15, 0.2) is 0 Å². The molecule has 1 amide bonds. The van der Waals surface area contributed by atoms with Gasteiger partial charge in [-0.2, -0.15) is 0 Å². The van der Waals surface area contributed by atoms with Gasteiger partial charge < -0.3 is 10.6 Å². The van der Waals surface area contributed by atoms with E-state index in [0.29, 0.717) is 16.6 Å². The van der Waals surface area contributed by atoms with E-state index in [1.165, 1.54) is 0 Å². The molecular weight excluding hydrogens is 283 g/mol. The minimum absolute atomic E-state index is 0.162. The molecule has 1 saturated heterocycles. The smallest absolute Gasteiger partial charge is 0.223 e. The Morgan fingerprint density at radius 1 is 1.26 bits per heavy atom. The van der Waals surface area contributed by atoms with Gasteiger partial charge in [0.1, 0.15) is 0 Å². The van der Waals surface area contributed by atoms with Gasteiger partial charge in [0.25, 0.3) is 0 Å². The highest BCUT2D eigenvalue weighted by molar-refractivity contribution is 6.42. The summed E-state index contributed by atoms with van der Waals surface area (Å²) in [5.41, 5.74) is 1.08. The van der Waals surface area contributed by atoms with Crippen LogP contribution < -0.4 is 10.6 Å². The Hall–Kier alpha value is -0.770. The van der Waals surface area contributed by atoms with E-state index in [2.05, 4.69) is 10.6 Å². The summed E-state index contributed by atoms with van der Waals surface area (Å²) in [6.45, 7) is 2.51. The van der Waals surface area contributed by atoms with Crippen LogP contribution in [-0.4, -0.2) is 25.5 Å². The molecule has 0 unspecified atom stereocenters. The van der Waals surface area contributed by atoms with Crippen LogP contribution in [0.4, 0.5) is 0 Å². The maximum atomic E-state index is 11.9. The summed E-state index contributed by atoms with van der Waals surface area (Å²) in [6.07, 6.45) is 2.63. The molecule has 1 aromatic carbocycles. The topological polar surface area (TPSA) is 41.1 Å². The summed E-state index contributed by atoms with van der Waals surface area (Å²) < 4.78 is 0. The van der Waals surface area contributed by atoms with E-state index in [1.807, 2.05) is 12.1 Å². The van der Waals surface area contributed by atoms with Gasteiger partial charge in [0, 0.05) is 12.5 Å². The van der Waals surface area contributed by atoms with Crippen LogP contribution in [0.25, 0.3) is 0 Å². The van der Waals surface area contributed by atoms with E-state index in [1.54, 1.807) is 6.07 Å². The number of hydrogen-bond acceptors (Lipinski definition) is 2. The molecule has 0 aromatic heterocycles. The molecule has 0 atom stereocenters. The number of hydrogen-bond donors (Lipinski definition) is 2. The molecule has 1 heterocycles. The van der Waals surface area contributed by atoms with Gasteiger partial charge in [-0.15, -0.1) is 0 Å². The number of rotatable bonds is 4. The number of halogens is 2. The van der Waals surface area contributed by atoms with Crippen molar-refractivity contribution in [1.82, 2.24) is 10.6 Å². The van der Waals surface area contributed by atoms with Crippen LogP contribution in [0, 0.1) is 5.92 Å². The minimum atomic E-state index is 0.162. The largest absolute Gasteiger partial charge is 0.356 e. The van der Waals surface area contributed by atoms with Crippen molar-refractivity contribution in [3.8, 4) is 0 Å². The number of benzene rings is 1. The average molecular weight is 301 g/mol. The number of carbonyl (C=O) groups excluding carboxylic acids is 1. The third kappa shape index (κ3) is 4.37. The van der Waals surface area contributed by atoms with E-state index in [4.69, 9.17) is 23.2 Å². The second-order valence-corrected chi connectivity index (χ2v) is 5.63. The first-order chi connectivity index (χ1) is 9.16. The quantitative estimate of drug-likeness (QED) is 0.897. The second-order valence-electron chi connectivity index (χ2n) is 4.81. The summed E-state index contributed by atoms with van der Waals surface area (Å²) in [6, 6.07) is 5.57. The molecule has 0 spiro atoms. The van der Waals surface area contributed by atoms with Crippen molar-refractivity contribution in [1.29, 1.82) is 0 Å². The Morgan fingerprint density at radius 3 is 2.68 bits per heavy atom. The fraction of sp³-hybridized carbons (Fsp3) is 0.500. The lowest BCUT2D eigenvalue weighted by molar-refractivity contribution is -0.125. The fourth-order valence-electron chi connectivity index (χ4n) is 2.25. The first-order valence-electron chi connectivity index (χ1n) is 6.59. The molecule has 2 N–H and O–H groups in total. The molecule has 1 aromatic rings. The molecule has 104 valence electrons. The van der Waals surface area contributed by atoms with E-state index in [0.717, 1.165) is 37.9 Å². The molecule has 19 heavy (non-hydrogen) atoms. The monoisotopic (exact) mass is 300 g/mol. The third-order valence-corrected chi connectivity index (χ3v) is 4.15. The van der Waals surface area contributed by atoms with E-state index in [-0.39, 0.29) is 11.8 Å².